The first-order chi connectivity index (χ1) is 24.7. The number of rotatable bonds is 3. The topological polar surface area (TPSA) is 38.9 Å². The number of nitrogens with zero attached hydrogens (tertiary/aromatic N) is 2. The highest BCUT2D eigenvalue weighted by Crippen LogP contribution is 2.42. The van der Waals surface area contributed by atoms with Crippen molar-refractivity contribution < 1.29 is 4.42 Å². The van der Waals surface area contributed by atoms with Crippen LogP contribution in [0.1, 0.15) is 11.1 Å². The summed E-state index contributed by atoms with van der Waals surface area (Å²) in [6.07, 6.45) is 0.975. The Labute approximate surface area is 288 Å². The molecule has 0 unspecified atom stereocenters. The summed E-state index contributed by atoms with van der Waals surface area (Å²) in [5.41, 5.74) is 13.7. The van der Waals surface area contributed by atoms with Crippen molar-refractivity contribution in [3.8, 4) is 44.9 Å². The van der Waals surface area contributed by atoms with Gasteiger partial charge in [0.15, 0.2) is 5.82 Å². The zero-order valence-electron chi connectivity index (χ0n) is 27.0. The van der Waals surface area contributed by atoms with Crippen molar-refractivity contribution in [3.05, 3.63) is 169 Å². The van der Waals surface area contributed by atoms with E-state index >= 15 is 0 Å². The predicted molar refractivity (Wildman–Crippen MR) is 206 cm³/mol. The maximum atomic E-state index is 6.28. The quantitative estimate of drug-likeness (QED) is 0.194. The van der Waals surface area contributed by atoms with Crippen LogP contribution in [0.2, 0.25) is 0 Å². The van der Waals surface area contributed by atoms with E-state index in [9.17, 15) is 0 Å². The summed E-state index contributed by atoms with van der Waals surface area (Å²) in [6.45, 7) is 0. The Morgan fingerprint density at radius 2 is 1.12 bits per heavy atom. The smallest absolute Gasteiger partial charge is 0.160 e. The molecule has 11 rings (SSSR count). The Morgan fingerprint density at radius 3 is 2.06 bits per heavy atom. The number of hydrogen-bond donors (Lipinski definition) is 0. The molecule has 0 atom stereocenters. The molecule has 0 amide bonds. The van der Waals surface area contributed by atoms with Crippen molar-refractivity contribution in [1.29, 1.82) is 0 Å². The fourth-order valence-electron chi connectivity index (χ4n) is 8.04. The van der Waals surface area contributed by atoms with E-state index in [0.29, 0.717) is 0 Å². The lowest BCUT2D eigenvalue weighted by atomic mass is 9.96. The van der Waals surface area contributed by atoms with Gasteiger partial charge >= 0.3 is 0 Å². The van der Waals surface area contributed by atoms with Crippen LogP contribution in [0.15, 0.2) is 162 Å². The molecule has 0 radical (unpaired) electrons. The average molecular weight is 637 g/mol. The van der Waals surface area contributed by atoms with E-state index in [0.717, 1.165) is 83.8 Å². The molecule has 0 fully saturated rings. The highest BCUT2D eigenvalue weighted by atomic mass is 16.3. The first-order valence-electron chi connectivity index (χ1n) is 17.1. The molecule has 0 saturated heterocycles. The normalized spacial score (nSPS) is 12.3. The molecular formula is C47H28N2O. The zero-order chi connectivity index (χ0) is 32.8. The predicted octanol–water partition coefficient (Wildman–Crippen LogP) is 12.4. The van der Waals surface area contributed by atoms with E-state index in [1.807, 2.05) is 18.2 Å². The molecule has 1 aliphatic carbocycles. The van der Waals surface area contributed by atoms with Gasteiger partial charge in [-0.15, -0.1) is 0 Å². The molecule has 0 spiro atoms. The summed E-state index contributed by atoms with van der Waals surface area (Å²) in [5, 5.41) is 8.18. The van der Waals surface area contributed by atoms with E-state index in [1.54, 1.807) is 0 Å². The highest BCUT2D eigenvalue weighted by molar-refractivity contribution is 6.15. The van der Waals surface area contributed by atoms with Gasteiger partial charge in [-0.05, 0) is 92.4 Å². The first kappa shape index (κ1) is 27.4. The molecule has 0 saturated carbocycles. The van der Waals surface area contributed by atoms with Crippen molar-refractivity contribution >= 4 is 54.4 Å². The fraction of sp³-hybridized carbons (Fsp3) is 0.0213. The van der Waals surface area contributed by atoms with E-state index in [1.165, 1.54) is 33.0 Å². The summed E-state index contributed by atoms with van der Waals surface area (Å²) >= 11 is 0. The van der Waals surface area contributed by atoms with Gasteiger partial charge in [-0.2, -0.15) is 0 Å². The summed E-state index contributed by atoms with van der Waals surface area (Å²) < 4.78 is 6.28. The van der Waals surface area contributed by atoms with Gasteiger partial charge in [-0.3, -0.25) is 0 Å². The number of furan rings is 1. The van der Waals surface area contributed by atoms with Crippen LogP contribution < -0.4 is 0 Å². The second kappa shape index (κ2) is 10.5. The maximum Gasteiger partial charge on any atom is 0.160 e. The Bertz CT molecular complexity index is 3010. The molecule has 50 heavy (non-hydrogen) atoms. The average Bonchev–Trinajstić information content (AvgIpc) is 3.76. The van der Waals surface area contributed by atoms with Crippen LogP contribution in [-0.2, 0) is 6.42 Å². The lowest BCUT2D eigenvalue weighted by Gasteiger charge is -2.12. The molecule has 1 aliphatic rings. The van der Waals surface area contributed by atoms with Gasteiger partial charge in [-0.1, -0.05) is 121 Å². The maximum absolute atomic E-state index is 6.28. The SMILES string of the molecule is c1ccc2c(c1)Cc1c-2ccc2cc(-c3nc(-c4ccc(-c5ccc6c(ccc7c8ccccc8oc67)c5)cc4)nc4ccccc34)ccc12. The molecule has 0 bridgehead atoms. The third-order valence-electron chi connectivity index (χ3n) is 10.5. The van der Waals surface area contributed by atoms with Crippen LogP contribution in [0.5, 0.6) is 0 Å². The lowest BCUT2D eigenvalue weighted by Crippen LogP contribution is -1.95. The van der Waals surface area contributed by atoms with Gasteiger partial charge in [-0.25, -0.2) is 9.97 Å². The van der Waals surface area contributed by atoms with Crippen molar-refractivity contribution in [2.45, 2.75) is 6.42 Å². The summed E-state index contributed by atoms with van der Waals surface area (Å²) in [6, 6.07) is 56.2. The number of aromatic nitrogens is 2. The van der Waals surface area contributed by atoms with E-state index in [4.69, 9.17) is 14.4 Å². The fourth-order valence-corrected chi connectivity index (χ4v) is 8.04. The Hall–Kier alpha value is -6.58. The van der Waals surface area contributed by atoms with Crippen LogP contribution in [0.25, 0.3) is 99.3 Å². The van der Waals surface area contributed by atoms with Gasteiger partial charge < -0.3 is 4.42 Å². The molecule has 3 nitrogen and oxygen atoms in total. The van der Waals surface area contributed by atoms with Gasteiger partial charge in [0, 0.05) is 32.7 Å². The Morgan fingerprint density at radius 1 is 0.440 bits per heavy atom. The third-order valence-corrected chi connectivity index (χ3v) is 10.5. The lowest BCUT2D eigenvalue weighted by molar-refractivity contribution is 0.672. The minimum absolute atomic E-state index is 0.723. The minimum atomic E-state index is 0.723. The van der Waals surface area contributed by atoms with Crippen molar-refractivity contribution in [3.63, 3.8) is 0 Å². The number of para-hydroxylation sites is 2. The molecule has 0 N–H and O–H groups in total. The summed E-state index contributed by atoms with van der Waals surface area (Å²) in [7, 11) is 0. The molecule has 10 aromatic rings. The van der Waals surface area contributed by atoms with E-state index in [-0.39, 0.29) is 0 Å². The molecule has 232 valence electrons. The van der Waals surface area contributed by atoms with Crippen molar-refractivity contribution in [2.24, 2.45) is 0 Å². The number of fused-ring (bicyclic) bond motifs is 11. The molecular weight excluding hydrogens is 609 g/mol. The van der Waals surface area contributed by atoms with Crippen LogP contribution in [0.3, 0.4) is 0 Å². The molecule has 8 aromatic carbocycles. The van der Waals surface area contributed by atoms with Crippen LogP contribution in [0, 0.1) is 0 Å². The van der Waals surface area contributed by atoms with Crippen LogP contribution in [-0.4, -0.2) is 9.97 Å². The second-order valence-electron chi connectivity index (χ2n) is 13.3. The molecule has 2 heterocycles. The zero-order valence-corrected chi connectivity index (χ0v) is 27.0. The van der Waals surface area contributed by atoms with Gasteiger partial charge in [0.05, 0.1) is 11.2 Å². The number of benzene rings is 8. The molecule has 3 heteroatoms. The van der Waals surface area contributed by atoms with E-state index in [2.05, 4.69) is 140 Å². The van der Waals surface area contributed by atoms with Crippen LogP contribution in [0.4, 0.5) is 0 Å². The monoisotopic (exact) mass is 636 g/mol. The molecule has 2 aromatic heterocycles. The van der Waals surface area contributed by atoms with Gasteiger partial charge in [0.1, 0.15) is 11.2 Å². The van der Waals surface area contributed by atoms with Crippen LogP contribution >= 0.6 is 0 Å². The first-order valence-corrected chi connectivity index (χ1v) is 17.1. The van der Waals surface area contributed by atoms with Gasteiger partial charge in [0.25, 0.3) is 0 Å². The van der Waals surface area contributed by atoms with Crippen molar-refractivity contribution in [2.75, 3.05) is 0 Å². The van der Waals surface area contributed by atoms with E-state index < -0.39 is 0 Å². The largest absolute Gasteiger partial charge is 0.455 e. The second-order valence-corrected chi connectivity index (χ2v) is 13.3. The standard InChI is InChI=1S/C47H28N2O/c1-2-8-35-31(7-1)27-42-36-21-20-34(26-32(36)18-23-38(35)42)45-41-10-3-5-11-43(41)48-47(49-45)29-15-13-28(14-16-29)30-17-22-37-33(25-30)19-24-40-39-9-4-6-12-44(39)50-46(37)40/h1-26H,27H2. The number of hydrogen-bond acceptors (Lipinski definition) is 3. The summed E-state index contributed by atoms with van der Waals surface area (Å²) in [5.74, 6) is 0.723. The van der Waals surface area contributed by atoms with Crippen molar-refractivity contribution in [1.82, 2.24) is 9.97 Å². The summed E-state index contributed by atoms with van der Waals surface area (Å²) in [4.78, 5) is 10.3. The third kappa shape index (κ3) is 4.10. The highest BCUT2D eigenvalue weighted by Gasteiger charge is 2.21. The molecule has 0 aliphatic heterocycles. The van der Waals surface area contributed by atoms with Gasteiger partial charge in [0.2, 0.25) is 0 Å². The Kier molecular flexibility index (Phi) is 5.73. The Balaban J connectivity index is 0.969. The minimum Gasteiger partial charge on any atom is -0.455 e.